The van der Waals surface area contributed by atoms with Crippen LogP contribution in [0.3, 0.4) is 0 Å². The van der Waals surface area contributed by atoms with Gasteiger partial charge in [-0.1, -0.05) is 11.6 Å². The minimum atomic E-state index is 0.112. The molecule has 92 valence electrons. The summed E-state index contributed by atoms with van der Waals surface area (Å²) in [5.74, 6) is 0.357. The first kappa shape index (κ1) is 12.9. The smallest absolute Gasteiger partial charge is 0.227 e. The summed E-state index contributed by atoms with van der Waals surface area (Å²) < 4.78 is 0.894. The molecule has 0 spiro atoms. The van der Waals surface area contributed by atoms with Gasteiger partial charge < -0.3 is 10.6 Å². The number of hydrogen-bond donors (Lipinski definition) is 1. The Labute approximate surface area is 114 Å². The van der Waals surface area contributed by atoms with Crippen molar-refractivity contribution >= 4 is 39.1 Å². The van der Waals surface area contributed by atoms with Gasteiger partial charge >= 0.3 is 0 Å². The van der Waals surface area contributed by atoms with Crippen molar-refractivity contribution < 1.29 is 4.79 Å². The van der Waals surface area contributed by atoms with Crippen LogP contribution < -0.4 is 10.6 Å². The summed E-state index contributed by atoms with van der Waals surface area (Å²) in [5, 5.41) is 0.673. The van der Waals surface area contributed by atoms with Gasteiger partial charge in [-0.05, 0) is 53.0 Å². The minimum absolute atomic E-state index is 0.112. The molecule has 0 radical (unpaired) electrons. The summed E-state index contributed by atoms with van der Waals surface area (Å²) in [6.45, 7) is 3.15. The number of benzene rings is 1. The Kier molecular flexibility index (Phi) is 3.76. The van der Waals surface area contributed by atoms with Crippen LogP contribution in [0.2, 0.25) is 5.02 Å². The molecule has 0 aliphatic carbocycles. The summed E-state index contributed by atoms with van der Waals surface area (Å²) in [6.07, 6.45) is 0.522. The third-order valence-electron chi connectivity index (χ3n) is 3.06. The molecule has 1 fully saturated rings. The summed E-state index contributed by atoms with van der Waals surface area (Å²) >= 11 is 9.58. The Morgan fingerprint density at radius 2 is 2.29 bits per heavy atom. The second kappa shape index (κ2) is 4.96. The third-order valence-corrected chi connectivity index (χ3v) is 4.10. The van der Waals surface area contributed by atoms with E-state index in [1.54, 1.807) is 4.90 Å². The highest BCUT2D eigenvalue weighted by atomic mass is 79.9. The Morgan fingerprint density at radius 1 is 1.59 bits per heavy atom. The number of amides is 1. The fraction of sp³-hybridized carbons (Fsp3) is 0.417. The first-order valence-corrected chi connectivity index (χ1v) is 6.66. The van der Waals surface area contributed by atoms with Crippen LogP contribution in [-0.2, 0) is 4.79 Å². The van der Waals surface area contributed by atoms with Crippen LogP contribution in [0.1, 0.15) is 12.0 Å². The van der Waals surface area contributed by atoms with E-state index < -0.39 is 0 Å². The maximum atomic E-state index is 11.9. The zero-order chi connectivity index (χ0) is 12.6. The monoisotopic (exact) mass is 316 g/mol. The molecule has 1 unspecified atom stereocenters. The second-order valence-corrected chi connectivity index (χ2v) is 5.62. The molecule has 1 amide bonds. The molecule has 0 aromatic heterocycles. The lowest BCUT2D eigenvalue weighted by atomic mass is 10.1. The van der Waals surface area contributed by atoms with Crippen molar-refractivity contribution in [2.45, 2.75) is 13.3 Å². The number of carbonyl (C=O) groups excluding carboxylic acids is 1. The topological polar surface area (TPSA) is 46.3 Å². The number of nitrogens with zero attached hydrogens (tertiary/aromatic N) is 1. The summed E-state index contributed by atoms with van der Waals surface area (Å²) in [6, 6.07) is 3.76. The quantitative estimate of drug-likeness (QED) is 0.911. The third kappa shape index (κ3) is 2.49. The number of carbonyl (C=O) groups is 1. The molecular weight excluding hydrogens is 304 g/mol. The van der Waals surface area contributed by atoms with E-state index in [1.807, 2.05) is 19.1 Å². The number of nitrogens with two attached hydrogens (primary N) is 1. The fourth-order valence-corrected chi connectivity index (χ4v) is 2.84. The molecule has 1 aliphatic rings. The van der Waals surface area contributed by atoms with Crippen molar-refractivity contribution in [3.8, 4) is 0 Å². The van der Waals surface area contributed by atoms with Crippen molar-refractivity contribution in [2.24, 2.45) is 11.7 Å². The van der Waals surface area contributed by atoms with Crippen molar-refractivity contribution in [3.63, 3.8) is 0 Å². The molecule has 1 aromatic carbocycles. The van der Waals surface area contributed by atoms with E-state index in [-0.39, 0.29) is 11.8 Å². The molecule has 0 bridgehead atoms. The molecule has 3 nitrogen and oxygen atoms in total. The van der Waals surface area contributed by atoms with Crippen molar-refractivity contribution in [1.82, 2.24) is 0 Å². The molecule has 2 rings (SSSR count). The first-order valence-electron chi connectivity index (χ1n) is 5.49. The Hall–Kier alpha value is -0.580. The van der Waals surface area contributed by atoms with E-state index in [0.29, 0.717) is 24.5 Å². The zero-order valence-corrected chi connectivity index (χ0v) is 11.9. The zero-order valence-electron chi connectivity index (χ0n) is 9.54. The SMILES string of the molecule is Cc1cc(Br)c(N2CC(CN)CC2=O)cc1Cl. The number of halogens is 2. The highest BCUT2D eigenvalue weighted by molar-refractivity contribution is 9.10. The fourth-order valence-electron chi connectivity index (χ4n) is 2.01. The molecule has 1 aliphatic heterocycles. The van der Waals surface area contributed by atoms with Gasteiger partial charge in [-0.25, -0.2) is 0 Å². The van der Waals surface area contributed by atoms with E-state index in [9.17, 15) is 4.79 Å². The van der Waals surface area contributed by atoms with Gasteiger partial charge in [0, 0.05) is 22.5 Å². The molecule has 17 heavy (non-hydrogen) atoms. The van der Waals surface area contributed by atoms with Crippen LogP contribution in [0.5, 0.6) is 0 Å². The maximum absolute atomic E-state index is 11.9. The average molecular weight is 318 g/mol. The van der Waals surface area contributed by atoms with E-state index in [2.05, 4.69) is 15.9 Å². The predicted molar refractivity (Wildman–Crippen MR) is 73.4 cm³/mol. The summed E-state index contributed by atoms with van der Waals surface area (Å²) in [7, 11) is 0. The van der Waals surface area contributed by atoms with Crippen molar-refractivity contribution in [2.75, 3.05) is 18.0 Å². The van der Waals surface area contributed by atoms with E-state index >= 15 is 0 Å². The molecule has 0 saturated carbocycles. The lowest BCUT2D eigenvalue weighted by Crippen LogP contribution is -2.26. The molecule has 2 N–H and O–H groups in total. The normalized spacial score (nSPS) is 20.1. The van der Waals surface area contributed by atoms with Crippen LogP contribution in [0.25, 0.3) is 0 Å². The van der Waals surface area contributed by atoms with Gasteiger partial charge in [0.1, 0.15) is 0 Å². The van der Waals surface area contributed by atoms with Gasteiger partial charge in [0.05, 0.1) is 5.69 Å². The second-order valence-electron chi connectivity index (χ2n) is 4.36. The lowest BCUT2D eigenvalue weighted by molar-refractivity contribution is -0.117. The molecule has 1 aromatic rings. The maximum Gasteiger partial charge on any atom is 0.227 e. The highest BCUT2D eigenvalue weighted by Crippen LogP contribution is 2.35. The van der Waals surface area contributed by atoms with Gasteiger partial charge in [0.2, 0.25) is 5.91 Å². The van der Waals surface area contributed by atoms with Gasteiger partial charge in [-0.2, -0.15) is 0 Å². The molecular formula is C12H14BrClN2O. The van der Waals surface area contributed by atoms with E-state index in [1.165, 1.54) is 0 Å². The standard InChI is InChI=1S/C12H14BrClN2O/c1-7-2-9(13)11(4-10(7)14)16-6-8(5-15)3-12(16)17/h2,4,8H,3,5-6,15H2,1H3. The number of aryl methyl sites for hydroxylation is 1. The van der Waals surface area contributed by atoms with Gasteiger partial charge in [-0.3, -0.25) is 4.79 Å². The Bertz CT molecular complexity index is 464. The Morgan fingerprint density at radius 3 is 2.88 bits per heavy atom. The highest BCUT2D eigenvalue weighted by Gasteiger charge is 2.30. The van der Waals surface area contributed by atoms with Gasteiger partial charge in [-0.15, -0.1) is 0 Å². The summed E-state index contributed by atoms with van der Waals surface area (Å²) in [4.78, 5) is 13.7. The molecule has 1 saturated heterocycles. The van der Waals surface area contributed by atoms with Crippen LogP contribution in [0.4, 0.5) is 5.69 Å². The minimum Gasteiger partial charge on any atom is -0.330 e. The largest absolute Gasteiger partial charge is 0.330 e. The molecule has 5 heteroatoms. The van der Waals surface area contributed by atoms with E-state index in [4.69, 9.17) is 17.3 Å². The lowest BCUT2D eigenvalue weighted by Gasteiger charge is -2.19. The van der Waals surface area contributed by atoms with Crippen LogP contribution in [-0.4, -0.2) is 19.0 Å². The number of hydrogen-bond acceptors (Lipinski definition) is 2. The number of anilines is 1. The summed E-state index contributed by atoms with van der Waals surface area (Å²) in [5.41, 5.74) is 7.44. The Balaban J connectivity index is 2.35. The number of rotatable bonds is 2. The van der Waals surface area contributed by atoms with Gasteiger partial charge in [0.15, 0.2) is 0 Å². The van der Waals surface area contributed by atoms with Crippen LogP contribution in [0.15, 0.2) is 16.6 Å². The van der Waals surface area contributed by atoms with Gasteiger partial charge in [0.25, 0.3) is 0 Å². The van der Waals surface area contributed by atoms with Crippen LogP contribution in [0, 0.1) is 12.8 Å². The van der Waals surface area contributed by atoms with Crippen molar-refractivity contribution in [1.29, 1.82) is 0 Å². The average Bonchev–Trinajstić information content (AvgIpc) is 2.65. The van der Waals surface area contributed by atoms with Crippen molar-refractivity contribution in [3.05, 3.63) is 27.2 Å². The molecule has 1 atom stereocenters. The first-order chi connectivity index (χ1) is 8.02. The van der Waals surface area contributed by atoms with Crippen LogP contribution >= 0.6 is 27.5 Å². The molecule has 1 heterocycles. The predicted octanol–water partition coefficient (Wildman–Crippen LogP) is 2.72. The van der Waals surface area contributed by atoms with E-state index in [0.717, 1.165) is 15.7 Å².